The molecule has 2 rings (SSSR count). The molecule has 0 bridgehead atoms. The van der Waals surface area contributed by atoms with Crippen LogP contribution in [0.25, 0.3) is 0 Å². The molecule has 1 fully saturated rings. The molecule has 5 nitrogen and oxygen atoms in total. The zero-order valence-corrected chi connectivity index (χ0v) is 13.8. The predicted octanol–water partition coefficient (Wildman–Crippen LogP) is 2.59. The van der Waals surface area contributed by atoms with Crippen LogP contribution in [0.4, 0.5) is 0 Å². The van der Waals surface area contributed by atoms with Crippen LogP contribution in [0.1, 0.15) is 13.3 Å². The van der Waals surface area contributed by atoms with Crippen LogP contribution in [-0.4, -0.2) is 44.2 Å². The summed E-state index contributed by atoms with van der Waals surface area (Å²) in [5.41, 5.74) is 0.935. The van der Waals surface area contributed by atoms with Crippen LogP contribution in [0.3, 0.4) is 0 Å². The number of hydrogen-bond donors (Lipinski definition) is 1. The van der Waals surface area contributed by atoms with Gasteiger partial charge in [-0.1, -0.05) is 41.8 Å². The summed E-state index contributed by atoms with van der Waals surface area (Å²) >= 11 is 7.90. The summed E-state index contributed by atoms with van der Waals surface area (Å²) in [7, 11) is 0. The standard InChI is InChI=1S/C13H14N2O3S3/c1-3-5-15-11(18)10(21-13(15)19)12-14(6-4-9(16)17)8(2)7-20-12/h3,7H,1,4-6H2,2H3,(H,16,17)/b12-10-. The molecule has 2 aliphatic rings. The second-order valence-electron chi connectivity index (χ2n) is 4.38. The molecule has 2 aliphatic heterocycles. The van der Waals surface area contributed by atoms with Gasteiger partial charge in [0.05, 0.1) is 11.4 Å². The second kappa shape index (κ2) is 6.67. The van der Waals surface area contributed by atoms with E-state index in [1.807, 2.05) is 17.2 Å². The van der Waals surface area contributed by atoms with Gasteiger partial charge in [-0.2, -0.15) is 0 Å². The SMILES string of the molecule is C=CCN1C(=O)/C(=C2/SC=C(C)N2CCC(=O)O)SC1=S. The van der Waals surface area contributed by atoms with Gasteiger partial charge < -0.3 is 10.0 Å². The van der Waals surface area contributed by atoms with Crippen LogP contribution in [0.2, 0.25) is 0 Å². The molecule has 1 N–H and O–H groups in total. The van der Waals surface area contributed by atoms with Crippen molar-refractivity contribution in [1.82, 2.24) is 9.80 Å². The van der Waals surface area contributed by atoms with E-state index in [2.05, 4.69) is 6.58 Å². The lowest BCUT2D eigenvalue weighted by Gasteiger charge is -2.21. The van der Waals surface area contributed by atoms with Gasteiger partial charge in [-0.3, -0.25) is 14.5 Å². The smallest absolute Gasteiger partial charge is 0.305 e. The van der Waals surface area contributed by atoms with E-state index in [0.29, 0.717) is 22.3 Å². The van der Waals surface area contributed by atoms with Gasteiger partial charge in [-0.05, 0) is 12.3 Å². The Labute approximate surface area is 136 Å². The van der Waals surface area contributed by atoms with Gasteiger partial charge in [-0.25, -0.2) is 0 Å². The molecule has 0 unspecified atom stereocenters. The maximum atomic E-state index is 12.4. The number of thiocarbonyl (C=S) groups is 1. The van der Waals surface area contributed by atoms with Crippen molar-refractivity contribution in [1.29, 1.82) is 0 Å². The lowest BCUT2D eigenvalue weighted by Crippen LogP contribution is -2.29. The quantitative estimate of drug-likeness (QED) is 0.468. The van der Waals surface area contributed by atoms with E-state index in [9.17, 15) is 9.59 Å². The van der Waals surface area contributed by atoms with Gasteiger partial charge in [0.25, 0.3) is 5.91 Å². The van der Waals surface area contributed by atoms with Gasteiger partial charge in [0.2, 0.25) is 0 Å². The highest BCUT2D eigenvalue weighted by molar-refractivity contribution is 8.27. The summed E-state index contributed by atoms with van der Waals surface area (Å²) < 4.78 is 0.505. The fourth-order valence-corrected chi connectivity index (χ4v) is 4.38. The number of nitrogens with zero attached hydrogens (tertiary/aromatic N) is 2. The largest absolute Gasteiger partial charge is 0.481 e. The van der Waals surface area contributed by atoms with Crippen molar-refractivity contribution < 1.29 is 14.7 Å². The molecule has 2 heterocycles. The third kappa shape index (κ3) is 3.33. The second-order valence-corrected chi connectivity index (χ2v) is 6.88. The third-order valence-electron chi connectivity index (χ3n) is 2.92. The number of carboxylic acids is 1. The molecule has 0 aliphatic carbocycles. The lowest BCUT2D eigenvalue weighted by atomic mass is 10.3. The van der Waals surface area contributed by atoms with Crippen LogP contribution in [-0.2, 0) is 9.59 Å². The van der Waals surface area contributed by atoms with Crippen molar-refractivity contribution in [3.63, 3.8) is 0 Å². The molecule has 0 atom stereocenters. The molecule has 112 valence electrons. The maximum absolute atomic E-state index is 12.4. The van der Waals surface area contributed by atoms with Gasteiger partial charge in [-0.15, -0.1) is 6.58 Å². The number of thioether (sulfide) groups is 2. The molecule has 0 aromatic rings. The Kier molecular flexibility index (Phi) is 5.13. The van der Waals surface area contributed by atoms with Crippen molar-refractivity contribution in [2.24, 2.45) is 0 Å². The number of carbonyl (C=O) groups excluding carboxylic acids is 1. The molecule has 1 amide bonds. The first-order valence-electron chi connectivity index (χ1n) is 6.17. The first kappa shape index (κ1) is 16.1. The number of amides is 1. The normalized spacial score (nSPS) is 22.0. The van der Waals surface area contributed by atoms with E-state index in [4.69, 9.17) is 17.3 Å². The molecule has 0 aromatic heterocycles. The fraction of sp³-hybridized carbons (Fsp3) is 0.308. The highest BCUT2D eigenvalue weighted by Crippen LogP contribution is 2.43. The van der Waals surface area contributed by atoms with E-state index in [-0.39, 0.29) is 12.3 Å². The van der Waals surface area contributed by atoms with Crippen molar-refractivity contribution in [2.75, 3.05) is 13.1 Å². The summed E-state index contributed by atoms with van der Waals surface area (Å²) in [6.07, 6.45) is 1.65. The number of carboxylic acid groups (broad SMARTS) is 1. The van der Waals surface area contributed by atoms with Crippen LogP contribution in [0.5, 0.6) is 0 Å². The zero-order chi connectivity index (χ0) is 15.6. The van der Waals surface area contributed by atoms with Crippen LogP contribution in [0, 0.1) is 0 Å². The molecule has 0 saturated carbocycles. The van der Waals surface area contributed by atoms with Crippen LogP contribution >= 0.6 is 35.7 Å². The average Bonchev–Trinajstić information content (AvgIpc) is 2.91. The monoisotopic (exact) mass is 342 g/mol. The Balaban J connectivity index is 2.26. The number of hydrogen-bond acceptors (Lipinski definition) is 6. The Morgan fingerprint density at radius 1 is 1.52 bits per heavy atom. The minimum absolute atomic E-state index is 0.0161. The molecule has 0 radical (unpaired) electrons. The summed E-state index contributed by atoms with van der Waals surface area (Å²) in [5, 5.41) is 11.5. The first-order chi connectivity index (χ1) is 9.95. The van der Waals surface area contributed by atoms with Crippen LogP contribution in [0.15, 0.2) is 33.7 Å². The Hall–Kier alpha value is -1.25. The third-order valence-corrected chi connectivity index (χ3v) is 5.59. The zero-order valence-electron chi connectivity index (χ0n) is 11.4. The minimum Gasteiger partial charge on any atom is -0.481 e. The molecule has 8 heteroatoms. The van der Waals surface area contributed by atoms with Gasteiger partial charge >= 0.3 is 5.97 Å². The molecule has 1 saturated heterocycles. The van der Waals surface area contributed by atoms with Crippen molar-refractivity contribution >= 4 is 51.9 Å². The topological polar surface area (TPSA) is 60.9 Å². The van der Waals surface area contributed by atoms with Crippen molar-refractivity contribution in [3.05, 3.63) is 33.7 Å². The van der Waals surface area contributed by atoms with E-state index < -0.39 is 5.97 Å². The van der Waals surface area contributed by atoms with Gasteiger partial charge in [0.1, 0.15) is 9.23 Å². The summed E-state index contributed by atoms with van der Waals surface area (Å²) in [4.78, 5) is 27.1. The van der Waals surface area contributed by atoms with E-state index in [0.717, 1.165) is 10.7 Å². The Morgan fingerprint density at radius 3 is 2.86 bits per heavy atom. The minimum atomic E-state index is -0.863. The Bertz CT molecular complexity index is 583. The summed E-state index contributed by atoms with van der Waals surface area (Å²) in [5.74, 6) is -1.01. The molecule has 21 heavy (non-hydrogen) atoms. The molecular formula is C13H14N2O3S3. The summed E-state index contributed by atoms with van der Waals surface area (Å²) in [6.45, 7) is 6.24. The Morgan fingerprint density at radius 2 is 2.24 bits per heavy atom. The lowest BCUT2D eigenvalue weighted by molar-refractivity contribution is -0.137. The molecular weight excluding hydrogens is 328 g/mol. The number of allylic oxidation sites excluding steroid dienone is 1. The number of rotatable bonds is 5. The van der Waals surface area contributed by atoms with Crippen LogP contribution < -0.4 is 0 Å². The van der Waals surface area contributed by atoms with Crippen molar-refractivity contribution in [2.45, 2.75) is 13.3 Å². The molecule has 0 spiro atoms. The molecule has 0 aromatic carbocycles. The summed E-state index contributed by atoms with van der Waals surface area (Å²) in [6, 6.07) is 0. The average molecular weight is 342 g/mol. The fourth-order valence-electron chi connectivity index (χ4n) is 1.90. The van der Waals surface area contributed by atoms with E-state index in [1.165, 1.54) is 28.4 Å². The number of aliphatic carboxylic acids is 1. The maximum Gasteiger partial charge on any atom is 0.305 e. The van der Waals surface area contributed by atoms with Gasteiger partial charge in [0.15, 0.2) is 0 Å². The number of carbonyl (C=O) groups is 2. The predicted molar refractivity (Wildman–Crippen MR) is 89.4 cm³/mol. The van der Waals surface area contributed by atoms with Crippen molar-refractivity contribution in [3.8, 4) is 0 Å². The van der Waals surface area contributed by atoms with E-state index >= 15 is 0 Å². The highest BCUT2D eigenvalue weighted by Gasteiger charge is 2.36. The van der Waals surface area contributed by atoms with E-state index in [1.54, 1.807) is 6.08 Å². The van der Waals surface area contributed by atoms with Gasteiger partial charge in [0, 0.05) is 18.8 Å². The highest BCUT2D eigenvalue weighted by atomic mass is 32.2. The first-order valence-corrected chi connectivity index (χ1v) is 8.27.